The molecule has 0 fully saturated rings. The second-order valence-corrected chi connectivity index (χ2v) is 12.3. The fourth-order valence-electron chi connectivity index (χ4n) is 6.31. The van der Waals surface area contributed by atoms with Crippen molar-refractivity contribution in [2.45, 2.75) is 123 Å². The van der Waals surface area contributed by atoms with Crippen molar-refractivity contribution < 1.29 is 4.48 Å². The van der Waals surface area contributed by atoms with Crippen molar-refractivity contribution in [1.82, 2.24) is 0 Å². The van der Waals surface area contributed by atoms with E-state index in [0.717, 1.165) is 24.1 Å². The van der Waals surface area contributed by atoms with Gasteiger partial charge in [-0.15, -0.1) is 0 Å². The van der Waals surface area contributed by atoms with Gasteiger partial charge in [0.2, 0.25) is 0 Å². The number of rotatable bonds is 23. The molecule has 41 heavy (non-hydrogen) atoms. The standard InChI is InChI=1S/C40H58N/c1-2-3-4-5-6-7-8-9-10-11-12-13-14-15-16-17-27-34-41(35-38-28-21-18-22-29-38,36-39-30-23-19-24-31-39)37-40-32-25-20-26-33-40/h2-3,18-26,28-33H,4-17,27,34-37H2,1H3/q+1/b3-2+. The highest BCUT2D eigenvalue weighted by Gasteiger charge is 2.28. The van der Waals surface area contributed by atoms with Crippen molar-refractivity contribution in [2.24, 2.45) is 0 Å². The number of allylic oxidation sites excluding steroid dienone is 2. The van der Waals surface area contributed by atoms with E-state index < -0.39 is 0 Å². The molecule has 0 aromatic heterocycles. The Hall–Kier alpha value is -2.64. The van der Waals surface area contributed by atoms with Gasteiger partial charge in [0, 0.05) is 16.7 Å². The van der Waals surface area contributed by atoms with Crippen LogP contribution in [0.5, 0.6) is 0 Å². The summed E-state index contributed by atoms with van der Waals surface area (Å²) in [5.41, 5.74) is 4.34. The molecule has 0 unspecified atom stereocenters. The van der Waals surface area contributed by atoms with Crippen molar-refractivity contribution in [3.63, 3.8) is 0 Å². The maximum Gasteiger partial charge on any atom is 0.105 e. The van der Waals surface area contributed by atoms with Crippen LogP contribution in [-0.2, 0) is 19.6 Å². The van der Waals surface area contributed by atoms with Crippen LogP contribution in [0, 0.1) is 0 Å². The Labute approximate surface area is 253 Å². The lowest BCUT2D eigenvalue weighted by atomic mass is 10.0. The van der Waals surface area contributed by atoms with E-state index in [1.54, 1.807) is 0 Å². The van der Waals surface area contributed by atoms with Crippen molar-refractivity contribution in [3.05, 3.63) is 120 Å². The second kappa shape index (κ2) is 21.1. The minimum atomic E-state index is 1.08. The minimum absolute atomic E-state index is 1.08. The molecule has 0 aliphatic carbocycles. The third-order valence-electron chi connectivity index (χ3n) is 8.57. The molecule has 0 amide bonds. The first kappa shape index (κ1) is 32.9. The number of nitrogens with zero attached hydrogens (tertiary/aromatic N) is 1. The summed E-state index contributed by atoms with van der Waals surface area (Å²) in [7, 11) is 0. The third-order valence-corrected chi connectivity index (χ3v) is 8.57. The van der Waals surface area contributed by atoms with Gasteiger partial charge >= 0.3 is 0 Å². The lowest BCUT2D eigenvalue weighted by Crippen LogP contribution is -2.46. The summed E-state index contributed by atoms with van der Waals surface area (Å²) in [4.78, 5) is 0. The van der Waals surface area contributed by atoms with Gasteiger partial charge < -0.3 is 4.48 Å². The van der Waals surface area contributed by atoms with Gasteiger partial charge in [-0.3, -0.25) is 0 Å². The van der Waals surface area contributed by atoms with Gasteiger partial charge in [0.25, 0.3) is 0 Å². The average molecular weight is 553 g/mol. The Morgan fingerprint density at radius 1 is 0.415 bits per heavy atom. The molecule has 1 nitrogen and oxygen atoms in total. The van der Waals surface area contributed by atoms with Crippen LogP contribution in [0.2, 0.25) is 0 Å². The monoisotopic (exact) mass is 552 g/mol. The van der Waals surface area contributed by atoms with Gasteiger partial charge in [0.15, 0.2) is 0 Å². The lowest BCUT2D eigenvalue weighted by Gasteiger charge is -2.39. The van der Waals surface area contributed by atoms with Gasteiger partial charge in [0.05, 0.1) is 6.54 Å². The first-order valence-electron chi connectivity index (χ1n) is 16.9. The van der Waals surface area contributed by atoms with E-state index >= 15 is 0 Å². The van der Waals surface area contributed by atoms with E-state index in [9.17, 15) is 0 Å². The Morgan fingerprint density at radius 3 is 1.07 bits per heavy atom. The van der Waals surface area contributed by atoms with Gasteiger partial charge in [0.1, 0.15) is 19.6 Å². The summed E-state index contributed by atoms with van der Waals surface area (Å²) in [6.45, 7) is 6.61. The molecule has 0 saturated carbocycles. The van der Waals surface area contributed by atoms with Gasteiger partial charge in [-0.2, -0.15) is 0 Å². The van der Waals surface area contributed by atoms with E-state index in [-0.39, 0.29) is 0 Å². The van der Waals surface area contributed by atoms with Crippen LogP contribution in [0.4, 0.5) is 0 Å². The normalized spacial score (nSPS) is 11.8. The highest BCUT2D eigenvalue weighted by molar-refractivity contribution is 5.17. The molecule has 0 heterocycles. The van der Waals surface area contributed by atoms with Crippen LogP contribution in [0.15, 0.2) is 103 Å². The maximum absolute atomic E-state index is 2.31. The molecule has 0 N–H and O–H groups in total. The highest BCUT2D eigenvalue weighted by Crippen LogP contribution is 2.26. The van der Waals surface area contributed by atoms with E-state index in [1.165, 1.54) is 120 Å². The molecular formula is C40H58N+. The number of benzene rings is 3. The molecule has 3 aromatic rings. The van der Waals surface area contributed by atoms with Crippen LogP contribution < -0.4 is 0 Å². The summed E-state index contributed by atoms with van der Waals surface area (Å²) in [6.07, 6.45) is 25.5. The van der Waals surface area contributed by atoms with Crippen LogP contribution in [-0.4, -0.2) is 11.0 Å². The molecule has 3 rings (SSSR count). The van der Waals surface area contributed by atoms with Crippen LogP contribution >= 0.6 is 0 Å². The molecule has 0 saturated heterocycles. The van der Waals surface area contributed by atoms with E-state index in [2.05, 4.69) is 110 Å². The summed E-state index contributed by atoms with van der Waals surface area (Å²) in [6, 6.07) is 33.5. The second-order valence-electron chi connectivity index (χ2n) is 12.3. The zero-order valence-corrected chi connectivity index (χ0v) is 26.2. The molecule has 0 aliphatic rings. The summed E-state index contributed by atoms with van der Waals surface area (Å²) < 4.78 is 1.09. The van der Waals surface area contributed by atoms with Gasteiger partial charge in [-0.1, -0.05) is 174 Å². The molecule has 0 aliphatic heterocycles. The Kier molecular flexibility index (Phi) is 16.9. The predicted octanol–water partition coefficient (Wildman–Crippen LogP) is 11.8. The molecule has 222 valence electrons. The summed E-state index contributed by atoms with van der Waals surface area (Å²) >= 11 is 0. The zero-order valence-electron chi connectivity index (χ0n) is 26.2. The number of hydrogen-bond donors (Lipinski definition) is 0. The fourth-order valence-corrected chi connectivity index (χ4v) is 6.31. The van der Waals surface area contributed by atoms with Gasteiger partial charge in [-0.05, 0) is 32.6 Å². The van der Waals surface area contributed by atoms with Crippen LogP contribution in [0.1, 0.15) is 120 Å². The van der Waals surface area contributed by atoms with Crippen molar-refractivity contribution in [3.8, 4) is 0 Å². The number of hydrogen-bond acceptors (Lipinski definition) is 0. The van der Waals surface area contributed by atoms with Crippen molar-refractivity contribution in [1.29, 1.82) is 0 Å². The largest absolute Gasteiger partial charge is 0.312 e. The van der Waals surface area contributed by atoms with E-state index in [1.807, 2.05) is 0 Å². The van der Waals surface area contributed by atoms with Gasteiger partial charge in [-0.25, -0.2) is 0 Å². The predicted molar refractivity (Wildman–Crippen MR) is 180 cm³/mol. The third kappa shape index (κ3) is 14.7. The molecule has 0 atom stereocenters. The zero-order chi connectivity index (χ0) is 28.7. The smallest absolute Gasteiger partial charge is 0.105 e. The average Bonchev–Trinajstić information content (AvgIpc) is 3.00. The molecule has 1 heteroatoms. The Bertz CT molecular complexity index is 923. The van der Waals surface area contributed by atoms with Crippen molar-refractivity contribution in [2.75, 3.05) is 6.54 Å². The Balaban J connectivity index is 1.39. The van der Waals surface area contributed by atoms with Crippen LogP contribution in [0.3, 0.4) is 0 Å². The van der Waals surface area contributed by atoms with E-state index in [4.69, 9.17) is 0 Å². The van der Waals surface area contributed by atoms with E-state index in [0.29, 0.717) is 0 Å². The topological polar surface area (TPSA) is 0 Å². The summed E-state index contributed by atoms with van der Waals surface area (Å²) in [5, 5.41) is 0. The maximum atomic E-state index is 2.31. The molecular weight excluding hydrogens is 494 g/mol. The number of quaternary nitrogens is 1. The molecule has 0 radical (unpaired) electrons. The quantitative estimate of drug-likeness (QED) is 0.0623. The van der Waals surface area contributed by atoms with Crippen LogP contribution in [0.25, 0.3) is 0 Å². The first-order valence-corrected chi connectivity index (χ1v) is 16.9. The fraction of sp³-hybridized carbons (Fsp3) is 0.500. The summed E-state index contributed by atoms with van der Waals surface area (Å²) in [5.74, 6) is 0. The molecule has 3 aromatic carbocycles. The lowest BCUT2D eigenvalue weighted by molar-refractivity contribution is -0.966. The highest BCUT2D eigenvalue weighted by atomic mass is 15.3. The molecule has 0 bridgehead atoms. The number of unbranched alkanes of at least 4 members (excludes halogenated alkanes) is 14. The Morgan fingerprint density at radius 2 is 0.732 bits per heavy atom. The molecule has 0 spiro atoms. The SMILES string of the molecule is C/C=C/CCCCCCCCCCCCCCCC[N+](Cc1ccccc1)(Cc1ccccc1)Cc1ccccc1. The first-order chi connectivity index (χ1) is 20.3. The van der Waals surface area contributed by atoms with Crippen molar-refractivity contribution >= 4 is 0 Å². The minimum Gasteiger partial charge on any atom is -0.312 e.